The molecule has 11 heteroatoms. The van der Waals surface area contributed by atoms with E-state index in [0.29, 0.717) is 36.8 Å². The molecular weight excluding hydrogens is 494 g/mol. The minimum atomic E-state index is -0.501. The van der Waals surface area contributed by atoms with E-state index in [0.717, 1.165) is 43.3 Å². The molecule has 1 unspecified atom stereocenters. The van der Waals surface area contributed by atoms with Gasteiger partial charge in [-0.05, 0) is 38.0 Å². The number of carbonyl (C=O) groups excluding carboxylic acids is 2. The molecule has 10 nitrogen and oxygen atoms in total. The predicted molar refractivity (Wildman–Crippen MR) is 145 cm³/mol. The van der Waals surface area contributed by atoms with E-state index in [-0.39, 0.29) is 30.1 Å². The molecule has 0 spiro atoms. The number of ether oxygens (including phenoxy) is 3. The summed E-state index contributed by atoms with van der Waals surface area (Å²) < 4.78 is 16.3. The van der Waals surface area contributed by atoms with Gasteiger partial charge in [0.05, 0.1) is 36.7 Å². The highest BCUT2D eigenvalue weighted by Gasteiger charge is 2.32. The summed E-state index contributed by atoms with van der Waals surface area (Å²) in [5, 5.41) is 6.84. The molecule has 3 aliphatic heterocycles. The molecule has 0 aliphatic carbocycles. The largest absolute Gasteiger partial charge is 0.383 e. The lowest BCUT2D eigenvalue weighted by atomic mass is 10.1. The van der Waals surface area contributed by atoms with E-state index in [9.17, 15) is 9.59 Å². The summed E-state index contributed by atoms with van der Waals surface area (Å²) in [5.41, 5.74) is 1.93. The van der Waals surface area contributed by atoms with Gasteiger partial charge in [-0.25, -0.2) is 4.99 Å². The maximum atomic E-state index is 13.2. The molecule has 0 bridgehead atoms. The topological polar surface area (TPSA) is 105 Å². The van der Waals surface area contributed by atoms with Crippen molar-refractivity contribution in [2.75, 3.05) is 64.7 Å². The van der Waals surface area contributed by atoms with Gasteiger partial charge in [0.2, 0.25) is 5.91 Å². The number of morpholine rings is 1. The van der Waals surface area contributed by atoms with Gasteiger partial charge in [-0.3, -0.25) is 14.5 Å². The SMILES string of the molecule is COC[C@@H](C)NC(=O)c1cc(CN2CCO[C@@H](C)C2)ccc1NC(=O)C1CSC(N2CC[C@H](OC)C2)=N1. The molecule has 0 radical (unpaired) electrons. The van der Waals surface area contributed by atoms with Crippen LogP contribution in [0.15, 0.2) is 23.2 Å². The van der Waals surface area contributed by atoms with Crippen molar-refractivity contribution in [2.24, 2.45) is 4.99 Å². The summed E-state index contributed by atoms with van der Waals surface area (Å²) >= 11 is 1.60. The monoisotopic (exact) mass is 533 g/mol. The third kappa shape index (κ3) is 7.44. The Morgan fingerprint density at radius 1 is 1.27 bits per heavy atom. The average Bonchev–Trinajstić information content (AvgIpc) is 3.55. The number of benzene rings is 1. The summed E-state index contributed by atoms with van der Waals surface area (Å²) in [7, 11) is 3.33. The number of amidine groups is 1. The van der Waals surface area contributed by atoms with Crippen LogP contribution in [0.5, 0.6) is 0 Å². The second kappa shape index (κ2) is 13.1. The fourth-order valence-corrected chi connectivity index (χ4v) is 5.93. The Morgan fingerprint density at radius 3 is 2.84 bits per heavy atom. The second-order valence-corrected chi connectivity index (χ2v) is 10.9. The van der Waals surface area contributed by atoms with E-state index < -0.39 is 6.04 Å². The third-order valence-electron chi connectivity index (χ3n) is 6.80. The van der Waals surface area contributed by atoms with Gasteiger partial charge in [-0.2, -0.15) is 0 Å². The molecule has 204 valence electrons. The van der Waals surface area contributed by atoms with Crippen LogP contribution in [0.4, 0.5) is 5.69 Å². The van der Waals surface area contributed by atoms with Gasteiger partial charge in [-0.15, -0.1) is 0 Å². The van der Waals surface area contributed by atoms with Crippen molar-refractivity contribution in [3.05, 3.63) is 29.3 Å². The third-order valence-corrected chi connectivity index (χ3v) is 7.90. The maximum Gasteiger partial charge on any atom is 0.253 e. The number of methoxy groups -OCH3 is 2. The Kier molecular flexibility index (Phi) is 9.83. The maximum absolute atomic E-state index is 13.2. The van der Waals surface area contributed by atoms with Gasteiger partial charge < -0.3 is 29.7 Å². The molecule has 2 N–H and O–H groups in total. The van der Waals surface area contributed by atoms with Crippen molar-refractivity contribution in [1.82, 2.24) is 15.1 Å². The van der Waals surface area contributed by atoms with E-state index in [1.165, 1.54) is 0 Å². The Morgan fingerprint density at radius 2 is 2.11 bits per heavy atom. The minimum Gasteiger partial charge on any atom is -0.383 e. The van der Waals surface area contributed by atoms with Gasteiger partial charge in [-0.1, -0.05) is 17.8 Å². The molecule has 2 fully saturated rings. The first-order chi connectivity index (χ1) is 17.9. The molecule has 0 saturated carbocycles. The van der Waals surface area contributed by atoms with Crippen molar-refractivity contribution in [1.29, 1.82) is 0 Å². The van der Waals surface area contributed by atoms with Crippen LogP contribution >= 0.6 is 11.8 Å². The fraction of sp³-hybridized carbons (Fsp3) is 0.654. The number of hydrogen-bond acceptors (Lipinski definition) is 9. The highest BCUT2D eigenvalue weighted by atomic mass is 32.2. The summed E-state index contributed by atoms with van der Waals surface area (Å²) in [6.07, 6.45) is 1.35. The molecule has 2 saturated heterocycles. The smallest absolute Gasteiger partial charge is 0.253 e. The highest BCUT2D eigenvalue weighted by molar-refractivity contribution is 8.14. The van der Waals surface area contributed by atoms with Crippen LogP contribution in [0.2, 0.25) is 0 Å². The normalized spacial score (nSPS) is 25.1. The minimum absolute atomic E-state index is 0.167. The summed E-state index contributed by atoms with van der Waals surface area (Å²) in [6, 6.07) is 5.00. The number of hydrogen-bond donors (Lipinski definition) is 2. The zero-order valence-electron chi connectivity index (χ0n) is 22.2. The van der Waals surface area contributed by atoms with Gasteiger partial charge in [0, 0.05) is 58.7 Å². The first kappa shape index (κ1) is 27.8. The van der Waals surface area contributed by atoms with Gasteiger partial charge in [0.25, 0.3) is 5.91 Å². The highest BCUT2D eigenvalue weighted by Crippen LogP contribution is 2.27. The van der Waals surface area contributed by atoms with Crippen molar-refractivity contribution >= 4 is 34.4 Å². The molecule has 1 aromatic carbocycles. The van der Waals surface area contributed by atoms with Crippen molar-refractivity contribution in [2.45, 2.75) is 51.1 Å². The summed E-state index contributed by atoms with van der Waals surface area (Å²) in [5.74, 6) is 0.123. The van der Waals surface area contributed by atoms with Gasteiger partial charge in [0.15, 0.2) is 5.17 Å². The number of anilines is 1. The average molecular weight is 534 g/mol. The number of carbonyl (C=O) groups is 2. The van der Waals surface area contributed by atoms with Crippen molar-refractivity contribution in [3.63, 3.8) is 0 Å². The van der Waals surface area contributed by atoms with E-state index >= 15 is 0 Å². The van der Waals surface area contributed by atoms with Crippen LogP contribution in [-0.2, 0) is 25.5 Å². The van der Waals surface area contributed by atoms with Gasteiger partial charge in [0.1, 0.15) is 6.04 Å². The van der Waals surface area contributed by atoms with Crippen LogP contribution in [0.25, 0.3) is 0 Å². The number of amides is 2. The number of aliphatic imine (C=N–C) groups is 1. The van der Waals surface area contributed by atoms with E-state index in [4.69, 9.17) is 14.2 Å². The quantitative estimate of drug-likeness (QED) is 0.495. The number of thioether (sulfide) groups is 1. The first-order valence-corrected chi connectivity index (χ1v) is 13.9. The molecule has 2 amide bonds. The molecular formula is C26H39N5O5S. The van der Waals surface area contributed by atoms with E-state index in [1.54, 1.807) is 26.0 Å². The molecule has 4 atom stereocenters. The Hall–Kier alpha value is -2.18. The number of nitrogens with zero attached hydrogens (tertiary/aromatic N) is 3. The number of nitrogens with one attached hydrogen (secondary N) is 2. The number of likely N-dealkylation sites (tertiary alicyclic amines) is 1. The summed E-state index contributed by atoms with van der Waals surface area (Å²) in [6.45, 7) is 9.12. The lowest BCUT2D eigenvalue weighted by molar-refractivity contribution is -0.116. The zero-order valence-corrected chi connectivity index (χ0v) is 23.0. The number of rotatable bonds is 9. The first-order valence-electron chi connectivity index (χ1n) is 12.9. The Bertz CT molecular complexity index is 992. The van der Waals surface area contributed by atoms with Crippen molar-refractivity contribution < 1.29 is 23.8 Å². The van der Waals surface area contributed by atoms with Crippen LogP contribution < -0.4 is 10.6 Å². The van der Waals surface area contributed by atoms with Crippen LogP contribution in [0, 0.1) is 0 Å². The summed E-state index contributed by atoms with van der Waals surface area (Å²) in [4.78, 5) is 35.6. The molecule has 4 rings (SSSR count). The predicted octanol–water partition coefficient (Wildman–Crippen LogP) is 1.80. The standard InChI is InChI=1S/C26H39N5O5S/c1-17(15-34-3)27-24(32)21-11-19(13-30-9-10-36-18(2)12-30)5-6-22(21)28-25(33)23-16-37-26(29-23)31-8-7-20(14-31)35-4/h5-6,11,17-18,20,23H,7-10,12-16H2,1-4H3,(H,27,32)(H,28,33)/t17-,18+,20+,23?/m1/s1. The fourth-order valence-electron chi connectivity index (χ4n) is 4.85. The molecule has 0 aromatic heterocycles. The van der Waals surface area contributed by atoms with E-state index in [1.807, 2.05) is 25.1 Å². The van der Waals surface area contributed by atoms with Crippen molar-refractivity contribution in [3.8, 4) is 0 Å². The zero-order chi connectivity index (χ0) is 26.4. The Balaban J connectivity index is 1.47. The Labute approximate surface area is 223 Å². The molecule has 37 heavy (non-hydrogen) atoms. The lowest BCUT2D eigenvalue weighted by Gasteiger charge is -2.31. The molecule has 3 heterocycles. The lowest BCUT2D eigenvalue weighted by Crippen LogP contribution is -2.40. The second-order valence-electron chi connectivity index (χ2n) is 9.95. The van der Waals surface area contributed by atoms with Crippen LogP contribution in [0.3, 0.4) is 0 Å². The molecule has 3 aliphatic rings. The van der Waals surface area contributed by atoms with Gasteiger partial charge >= 0.3 is 0 Å². The van der Waals surface area contributed by atoms with E-state index in [2.05, 4.69) is 32.3 Å². The molecule has 1 aromatic rings. The van der Waals surface area contributed by atoms with Crippen LogP contribution in [0.1, 0.15) is 36.2 Å². The van der Waals surface area contributed by atoms with Crippen LogP contribution in [-0.4, -0.2) is 110 Å².